The molecule has 0 fully saturated rings. The first-order valence-electron chi connectivity index (χ1n) is 8.06. The minimum atomic E-state index is -3.95. The number of carbonyl (C=O) groups is 2. The number of methoxy groups -OCH3 is 1. The molecule has 2 N–H and O–H groups in total. The van der Waals surface area contributed by atoms with Crippen molar-refractivity contribution in [1.29, 1.82) is 0 Å². The number of esters is 1. The zero-order valence-electron chi connectivity index (χ0n) is 15.2. The van der Waals surface area contributed by atoms with Crippen molar-refractivity contribution in [2.45, 2.75) is 18.4 Å². The van der Waals surface area contributed by atoms with E-state index in [9.17, 15) is 22.4 Å². The lowest BCUT2D eigenvalue weighted by atomic mass is 10.2. The number of hydrogen-bond acceptors (Lipinski definition) is 6. The number of rotatable bonds is 8. The molecule has 0 bridgehead atoms. The first kappa shape index (κ1) is 21.3. The van der Waals surface area contributed by atoms with Crippen LogP contribution in [0.2, 0.25) is 0 Å². The van der Waals surface area contributed by atoms with Gasteiger partial charge in [-0.15, -0.1) is 0 Å². The summed E-state index contributed by atoms with van der Waals surface area (Å²) in [6.07, 6.45) is 0. The average molecular weight is 410 g/mol. The number of hydrogen-bond donors (Lipinski definition) is 2. The number of carbonyl (C=O) groups excluding carboxylic acids is 2. The molecule has 0 saturated carbocycles. The number of ether oxygens (including phenoxy) is 2. The summed E-state index contributed by atoms with van der Waals surface area (Å²) in [5.41, 5.74) is 0.752. The third-order valence-electron chi connectivity index (χ3n) is 3.52. The highest BCUT2D eigenvalue weighted by Crippen LogP contribution is 2.20. The van der Waals surface area contributed by atoms with E-state index in [0.717, 1.165) is 6.07 Å². The number of anilines is 1. The van der Waals surface area contributed by atoms with Crippen molar-refractivity contribution in [2.75, 3.05) is 19.0 Å². The van der Waals surface area contributed by atoms with Crippen LogP contribution in [0.15, 0.2) is 47.4 Å². The Bertz CT molecular complexity index is 961. The topological polar surface area (TPSA) is 111 Å². The summed E-state index contributed by atoms with van der Waals surface area (Å²) in [6.45, 7) is 0.456. The Labute approximate surface area is 161 Å². The molecule has 0 aliphatic heterocycles. The lowest BCUT2D eigenvalue weighted by molar-refractivity contribution is -0.143. The summed E-state index contributed by atoms with van der Waals surface area (Å²) in [7, 11) is -2.56. The SMILES string of the molecule is COc1ccc(F)cc1COC(=O)CNS(=O)(=O)c1ccc(NC(C)=O)cc1. The second kappa shape index (κ2) is 9.29. The minimum absolute atomic E-state index is 0.0822. The molecule has 8 nitrogen and oxygen atoms in total. The van der Waals surface area contributed by atoms with Gasteiger partial charge >= 0.3 is 5.97 Å². The molecule has 0 aromatic heterocycles. The lowest BCUT2D eigenvalue weighted by Gasteiger charge is -2.10. The van der Waals surface area contributed by atoms with E-state index in [0.29, 0.717) is 17.0 Å². The first-order valence-corrected chi connectivity index (χ1v) is 9.55. The maximum Gasteiger partial charge on any atom is 0.321 e. The zero-order chi connectivity index (χ0) is 20.7. The van der Waals surface area contributed by atoms with Gasteiger partial charge in [0.05, 0.1) is 12.0 Å². The van der Waals surface area contributed by atoms with Gasteiger partial charge in [-0.2, -0.15) is 4.72 Å². The maximum absolute atomic E-state index is 13.3. The van der Waals surface area contributed by atoms with E-state index in [1.54, 1.807) is 0 Å². The monoisotopic (exact) mass is 410 g/mol. The van der Waals surface area contributed by atoms with Crippen LogP contribution >= 0.6 is 0 Å². The third kappa shape index (κ3) is 6.03. The molecule has 2 rings (SSSR count). The van der Waals surface area contributed by atoms with Crippen molar-refractivity contribution in [3.63, 3.8) is 0 Å². The van der Waals surface area contributed by atoms with Crippen molar-refractivity contribution in [3.05, 3.63) is 53.8 Å². The van der Waals surface area contributed by atoms with Gasteiger partial charge in [0, 0.05) is 18.2 Å². The summed E-state index contributed by atoms with van der Waals surface area (Å²) in [4.78, 5) is 22.7. The molecule has 28 heavy (non-hydrogen) atoms. The normalized spacial score (nSPS) is 11.0. The van der Waals surface area contributed by atoms with Crippen molar-refractivity contribution in [1.82, 2.24) is 4.72 Å². The number of amides is 1. The number of benzene rings is 2. The number of sulfonamides is 1. The van der Waals surface area contributed by atoms with Crippen molar-refractivity contribution in [3.8, 4) is 5.75 Å². The molecule has 0 saturated heterocycles. The van der Waals surface area contributed by atoms with Gasteiger partial charge in [0.15, 0.2) is 0 Å². The van der Waals surface area contributed by atoms with E-state index in [2.05, 4.69) is 10.0 Å². The van der Waals surface area contributed by atoms with Gasteiger partial charge < -0.3 is 14.8 Å². The predicted octanol–water partition coefficient (Wildman–Crippen LogP) is 1.81. The molecule has 0 unspecified atom stereocenters. The molecule has 1 amide bonds. The Morgan fingerprint density at radius 3 is 2.39 bits per heavy atom. The van der Waals surface area contributed by atoms with Crippen LogP contribution in [0.25, 0.3) is 0 Å². The van der Waals surface area contributed by atoms with Crippen LogP contribution in [0.5, 0.6) is 5.75 Å². The second-order valence-electron chi connectivity index (χ2n) is 5.65. The Hall–Kier alpha value is -2.98. The summed E-state index contributed by atoms with van der Waals surface area (Å²) in [5, 5.41) is 2.51. The standard InChI is InChI=1S/C18H19FN2O6S/c1-12(22)21-15-4-6-16(7-5-15)28(24,25)20-10-18(23)27-11-13-9-14(19)3-8-17(13)26-2/h3-9,20H,10-11H2,1-2H3,(H,21,22). The first-order chi connectivity index (χ1) is 13.2. The van der Waals surface area contributed by atoms with Crippen LogP contribution in [-0.4, -0.2) is 33.9 Å². The summed E-state index contributed by atoms with van der Waals surface area (Å²) in [6, 6.07) is 9.18. The summed E-state index contributed by atoms with van der Waals surface area (Å²) >= 11 is 0. The largest absolute Gasteiger partial charge is 0.496 e. The molecular weight excluding hydrogens is 391 g/mol. The van der Waals surface area contributed by atoms with Crippen molar-refractivity contribution < 1.29 is 31.9 Å². The van der Waals surface area contributed by atoms with Gasteiger partial charge in [0.25, 0.3) is 0 Å². The second-order valence-corrected chi connectivity index (χ2v) is 7.41. The third-order valence-corrected chi connectivity index (χ3v) is 4.94. The van der Waals surface area contributed by atoms with E-state index in [1.807, 2.05) is 0 Å². The Kier molecular flexibility index (Phi) is 7.07. The molecule has 2 aromatic rings. The number of nitrogens with one attached hydrogen (secondary N) is 2. The smallest absolute Gasteiger partial charge is 0.321 e. The van der Waals surface area contributed by atoms with E-state index in [4.69, 9.17) is 9.47 Å². The fraction of sp³-hybridized carbons (Fsp3) is 0.222. The van der Waals surface area contributed by atoms with Gasteiger partial charge in [-0.1, -0.05) is 0 Å². The highest BCUT2D eigenvalue weighted by molar-refractivity contribution is 7.89. The fourth-order valence-corrected chi connectivity index (χ4v) is 3.20. The van der Waals surface area contributed by atoms with Crippen LogP contribution in [0.1, 0.15) is 12.5 Å². The van der Waals surface area contributed by atoms with E-state index in [1.165, 1.54) is 50.4 Å². The molecule has 0 spiro atoms. The quantitative estimate of drug-likeness (QED) is 0.642. The minimum Gasteiger partial charge on any atom is -0.496 e. The van der Waals surface area contributed by atoms with Crippen LogP contribution in [0.4, 0.5) is 10.1 Å². The average Bonchev–Trinajstić information content (AvgIpc) is 2.65. The molecule has 0 heterocycles. The van der Waals surface area contributed by atoms with E-state index < -0.39 is 28.4 Å². The summed E-state index contributed by atoms with van der Waals surface area (Å²) < 4.78 is 49.8. The fourth-order valence-electron chi connectivity index (χ4n) is 2.23. The maximum atomic E-state index is 13.3. The molecule has 0 aliphatic carbocycles. The highest BCUT2D eigenvalue weighted by atomic mass is 32.2. The van der Waals surface area contributed by atoms with Gasteiger partial charge in [0.1, 0.15) is 24.7 Å². The molecule has 0 aliphatic rings. The Morgan fingerprint density at radius 2 is 1.79 bits per heavy atom. The van der Waals surface area contributed by atoms with Crippen LogP contribution in [0, 0.1) is 5.82 Å². The summed E-state index contributed by atoms with van der Waals surface area (Å²) in [5.74, 6) is -1.31. The predicted molar refractivity (Wildman–Crippen MR) is 98.7 cm³/mol. The van der Waals surface area contributed by atoms with Crippen molar-refractivity contribution in [2.24, 2.45) is 0 Å². The number of halogens is 1. The Balaban J connectivity index is 1.92. The van der Waals surface area contributed by atoms with Gasteiger partial charge in [0.2, 0.25) is 15.9 Å². The molecule has 0 radical (unpaired) electrons. The van der Waals surface area contributed by atoms with E-state index in [-0.39, 0.29) is 17.4 Å². The molecule has 150 valence electrons. The van der Waals surface area contributed by atoms with Gasteiger partial charge in [-0.25, -0.2) is 12.8 Å². The molecule has 2 aromatic carbocycles. The Morgan fingerprint density at radius 1 is 1.11 bits per heavy atom. The van der Waals surface area contributed by atoms with Gasteiger partial charge in [-0.3, -0.25) is 9.59 Å². The van der Waals surface area contributed by atoms with Crippen LogP contribution in [-0.2, 0) is 31.0 Å². The van der Waals surface area contributed by atoms with Crippen molar-refractivity contribution >= 4 is 27.6 Å². The lowest BCUT2D eigenvalue weighted by Crippen LogP contribution is -2.30. The van der Waals surface area contributed by atoms with E-state index >= 15 is 0 Å². The van der Waals surface area contributed by atoms with Crippen LogP contribution < -0.4 is 14.8 Å². The molecular formula is C18H19FN2O6S. The zero-order valence-corrected chi connectivity index (χ0v) is 16.0. The molecule has 0 atom stereocenters. The highest BCUT2D eigenvalue weighted by Gasteiger charge is 2.17. The van der Waals surface area contributed by atoms with Gasteiger partial charge in [-0.05, 0) is 42.5 Å². The molecule has 10 heteroatoms. The van der Waals surface area contributed by atoms with Crippen LogP contribution in [0.3, 0.4) is 0 Å².